The molecule has 1 aromatic heterocycles. The number of carbonyl (C=O) groups excluding carboxylic acids is 1. The highest BCUT2D eigenvalue weighted by Crippen LogP contribution is 2.34. The van der Waals surface area contributed by atoms with Crippen molar-refractivity contribution in [2.75, 3.05) is 19.1 Å². The number of methoxy groups -OCH3 is 1. The normalized spacial score (nSPS) is 16.6. The topological polar surface area (TPSA) is 89.3 Å². The van der Waals surface area contributed by atoms with E-state index in [1.54, 1.807) is 13.2 Å². The molecule has 104 valence electrons. The van der Waals surface area contributed by atoms with Crippen molar-refractivity contribution in [1.82, 2.24) is 10.3 Å². The van der Waals surface area contributed by atoms with Gasteiger partial charge in [0.05, 0.1) is 16.9 Å². The second-order valence-electron chi connectivity index (χ2n) is 4.94. The van der Waals surface area contributed by atoms with E-state index in [2.05, 4.69) is 15.7 Å². The quantitative estimate of drug-likeness (QED) is 0.545. The first-order valence-corrected chi connectivity index (χ1v) is 6.37. The van der Waals surface area contributed by atoms with Crippen molar-refractivity contribution in [2.45, 2.75) is 31.8 Å². The fourth-order valence-electron chi connectivity index (χ4n) is 2.22. The lowest BCUT2D eigenvalue weighted by atomic mass is 9.80. The maximum absolute atomic E-state index is 12.1. The van der Waals surface area contributed by atoms with Crippen LogP contribution in [0.5, 0.6) is 0 Å². The Morgan fingerprint density at radius 3 is 2.84 bits per heavy atom. The van der Waals surface area contributed by atoms with Gasteiger partial charge in [-0.3, -0.25) is 15.6 Å². The number of aromatic nitrogens is 1. The lowest BCUT2D eigenvalue weighted by Gasteiger charge is -2.40. The van der Waals surface area contributed by atoms with Gasteiger partial charge in [-0.05, 0) is 32.3 Å². The molecule has 0 aromatic carbocycles. The van der Waals surface area contributed by atoms with Crippen molar-refractivity contribution in [2.24, 2.45) is 5.84 Å². The molecule has 1 aliphatic carbocycles. The minimum atomic E-state index is -0.191. The van der Waals surface area contributed by atoms with Crippen LogP contribution in [-0.2, 0) is 4.74 Å². The third-order valence-corrected chi connectivity index (χ3v) is 3.71. The molecule has 0 saturated heterocycles. The second-order valence-corrected chi connectivity index (χ2v) is 4.94. The van der Waals surface area contributed by atoms with Crippen LogP contribution >= 0.6 is 0 Å². The average Bonchev–Trinajstić information content (AvgIpc) is 2.37. The van der Waals surface area contributed by atoms with E-state index in [-0.39, 0.29) is 11.5 Å². The number of nitrogens with zero attached hydrogens (tertiary/aromatic N) is 1. The predicted octanol–water partition coefficient (Wildman–Crippen LogP) is 0.975. The number of anilines is 1. The number of hydrazine groups is 1. The number of ether oxygens (including phenoxy) is 1. The van der Waals surface area contributed by atoms with Crippen LogP contribution in [0.1, 0.15) is 35.3 Å². The summed E-state index contributed by atoms with van der Waals surface area (Å²) in [4.78, 5) is 16.3. The lowest BCUT2D eigenvalue weighted by molar-refractivity contribution is -0.0679. The predicted molar refractivity (Wildman–Crippen MR) is 72.7 cm³/mol. The molecule has 2 rings (SSSR count). The lowest BCUT2D eigenvalue weighted by Crippen LogP contribution is -2.49. The highest BCUT2D eigenvalue weighted by molar-refractivity contribution is 5.99. The van der Waals surface area contributed by atoms with Crippen LogP contribution in [0.4, 0.5) is 5.69 Å². The fourth-order valence-corrected chi connectivity index (χ4v) is 2.22. The first-order valence-electron chi connectivity index (χ1n) is 6.37. The van der Waals surface area contributed by atoms with Crippen LogP contribution in [0.25, 0.3) is 0 Å². The third kappa shape index (κ3) is 2.85. The van der Waals surface area contributed by atoms with Crippen LogP contribution in [0.15, 0.2) is 12.3 Å². The van der Waals surface area contributed by atoms with Gasteiger partial charge in [-0.2, -0.15) is 0 Å². The van der Waals surface area contributed by atoms with Crippen LogP contribution in [0.2, 0.25) is 0 Å². The number of hydrogen-bond acceptors (Lipinski definition) is 5. The van der Waals surface area contributed by atoms with Gasteiger partial charge in [0.15, 0.2) is 0 Å². The molecule has 6 nitrogen and oxygen atoms in total. The minimum absolute atomic E-state index is 0.190. The van der Waals surface area contributed by atoms with Crippen molar-refractivity contribution < 1.29 is 9.53 Å². The zero-order valence-electron chi connectivity index (χ0n) is 11.3. The number of nitrogens with two attached hydrogens (primary N) is 1. The number of rotatable bonds is 5. The molecule has 0 unspecified atom stereocenters. The number of nitrogens with one attached hydrogen (secondary N) is 2. The maximum Gasteiger partial charge on any atom is 0.255 e. The molecule has 0 atom stereocenters. The number of pyridine rings is 1. The first kappa shape index (κ1) is 13.8. The van der Waals surface area contributed by atoms with Crippen molar-refractivity contribution >= 4 is 11.6 Å². The number of hydrogen-bond donors (Lipinski definition) is 3. The van der Waals surface area contributed by atoms with Gasteiger partial charge in [-0.25, -0.2) is 0 Å². The summed E-state index contributed by atoms with van der Waals surface area (Å²) in [6.45, 7) is 2.36. The number of amides is 1. The third-order valence-electron chi connectivity index (χ3n) is 3.71. The van der Waals surface area contributed by atoms with Gasteiger partial charge in [-0.15, -0.1) is 0 Å². The highest BCUT2D eigenvalue weighted by atomic mass is 16.5. The van der Waals surface area contributed by atoms with E-state index >= 15 is 0 Å². The molecule has 0 spiro atoms. The number of carbonyl (C=O) groups is 1. The van der Waals surface area contributed by atoms with Crippen molar-refractivity contribution in [3.05, 3.63) is 23.5 Å². The first-order chi connectivity index (χ1) is 9.10. The SMILES string of the molecule is COC1(CNC(=O)c2cnc(C)cc2NN)CCC1. The van der Waals surface area contributed by atoms with E-state index in [1.165, 1.54) is 6.20 Å². The molecule has 19 heavy (non-hydrogen) atoms. The van der Waals surface area contributed by atoms with Gasteiger partial charge in [0.1, 0.15) is 0 Å². The summed E-state index contributed by atoms with van der Waals surface area (Å²) >= 11 is 0. The molecule has 4 N–H and O–H groups in total. The van der Waals surface area contributed by atoms with Gasteiger partial charge in [-0.1, -0.05) is 0 Å². The molecule has 1 amide bonds. The van der Waals surface area contributed by atoms with E-state index in [4.69, 9.17) is 10.6 Å². The van der Waals surface area contributed by atoms with Crippen molar-refractivity contribution in [1.29, 1.82) is 0 Å². The summed E-state index contributed by atoms with van der Waals surface area (Å²) in [6, 6.07) is 1.74. The molecule has 1 fully saturated rings. The van der Waals surface area contributed by atoms with E-state index in [0.717, 1.165) is 25.0 Å². The van der Waals surface area contributed by atoms with Gasteiger partial charge < -0.3 is 15.5 Å². The Hall–Kier alpha value is -1.66. The Morgan fingerprint density at radius 2 is 2.32 bits per heavy atom. The average molecular weight is 264 g/mol. The van der Waals surface area contributed by atoms with E-state index < -0.39 is 0 Å². The van der Waals surface area contributed by atoms with Gasteiger partial charge in [0.25, 0.3) is 5.91 Å². The Kier molecular flexibility index (Phi) is 4.01. The summed E-state index contributed by atoms with van der Waals surface area (Å²) in [5.74, 6) is 5.23. The number of aryl methyl sites for hydroxylation is 1. The molecular weight excluding hydrogens is 244 g/mol. The van der Waals surface area contributed by atoms with Crippen LogP contribution in [0.3, 0.4) is 0 Å². The largest absolute Gasteiger partial charge is 0.376 e. The molecule has 1 heterocycles. The molecule has 0 bridgehead atoms. The molecule has 1 saturated carbocycles. The summed E-state index contributed by atoms with van der Waals surface area (Å²) in [6.07, 6.45) is 4.64. The molecule has 0 radical (unpaired) electrons. The monoisotopic (exact) mass is 264 g/mol. The minimum Gasteiger partial charge on any atom is -0.376 e. The van der Waals surface area contributed by atoms with Crippen LogP contribution in [-0.4, -0.2) is 30.1 Å². The summed E-state index contributed by atoms with van der Waals surface area (Å²) < 4.78 is 5.47. The van der Waals surface area contributed by atoms with E-state index in [1.807, 2.05) is 6.92 Å². The highest BCUT2D eigenvalue weighted by Gasteiger charge is 2.37. The Bertz CT molecular complexity index is 466. The molecule has 1 aliphatic rings. The number of nitrogen functional groups attached to an aromatic ring is 1. The maximum atomic E-state index is 12.1. The van der Waals surface area contributed by atoms with E-state index in [0.29, 0.717) is 17.8 Å². The van der Waals surface area contributed by atoms with Crippen molar-refractivity contribution in [3.8, 4) is 0 Å². The van der Waals surface area contributed by atoms with Crippen LogP contribution < -0.4 is 16.6 Å². The van der Waals surface area contributed by atoms with Gasteiger partial charge >= 0.3 is 0 Å². The van der Waals surface area contributed by atoms with Crippen LogP contribution in [0, 0.1) is 6.92 Å². The summed E-state index contributed by atoms with van der Waals surface area (Å²) in [5, 5.41) is 2.89. The zero-order chi connectivity index (χ0) is 13.9. The standard InChI is InChI=1S/C13H20N4O2/c1-9-6-11(17-14)10(7-15-9)12(18)16-8-13(19-2)4-3-5-13/h6-7H,3-5,8,14H2,1-2H3,(H,15,17)(H,16,18). The van der Waals surface area contributed by atoms with Gasteiger partial charge in [0, 0.05) is 25.5 Å². The van der Waals surface area contributed by atoms with E-state index in [9.17, 15) is 4.79 Å². The molecule has 1 aromatic rings. The zero-order valence-corrected chi connectivity index (χ0v) is 11.3. The Morgan fingerprint density at radius 1 is 1.58 bits per heavy atom. The molecular formula is C13H20N4O2. The Balaban J connectivity index is 2.03. The Labute approximate surface area is 112 Å². The smallest absolute Gasteiger partial charge is 0.255 e. The second kappa shape index (κ2) is 5.54. The van der Waals surface area contributed by atoms with Crippen molar-refractivity contribution in [3.63, 3.8) is 0 Å². The molecule has 6 heteroatoms. The fraction of sp³-hybridized carbons (Fsp3) is 0.538. The van der Waals surface area contributed by atoms with Gasteiger partial charge in [0.2, 0.25) is 0 Å². The summed E-state index contributed by atoms with van der Waals surface area (Å²) in [7, 11) is 1.69. The summed E-state index contributed by atoms with van der Waals surface area (Å²) in [5.41, 5.74) is 4.15. The molecule has 0 aliphatic heterocycles.